The third-order valence-corrected chi connectivity index (χ3v) is 2.55. The number of carbonyl (C=O) groups is 3. The summed E-state index contributed by atoms with van der Waals surface area (Å²) in [4.78, 5) is 33.8. The first kappa shape index (κ1) is 18.3. The Morgan fingerprint density at radius 3 is 2.15 bits per heavy atom. The van der Waals surface area contributed by atoms with Crippen molar-refractivity contribution in [2.75, 3.05) is 6.54 Å². The van der Waals surface area contributed by atoms with Crippen LogP contribution in [0, 0.1) is 5.92 Å². The number of aliphatic hydroxyl groups excluding tert-OH is 1. The molecule has 0 rings (SSSR count). The minimum atomic E-state index is -1.41. The van der Waals surface area contributed by atoms with E-state index in [4.69, 9.17) is 10.8 Å². The monoisotopic (exact) mass is 289 g/mol. The summed E-state index contributed by atoms with van der Waals surface area (Å²) in [5.74, 6) is -2.28. The molecule has 3 unspecified atom stereocenters. The number of aliphatic carboxylic acids is 1. The summed E-state index contributed by atoms with van der Waals surface area (Å²) < 4.78 is 0. The van der Waals surface area contributed by atoms with Gasteiger partial charge in [-0.05, 0) is 19.3 Å². The number of amides is 2. The van der Waals surface area contributed by atoms with E-state index < -0.39 is 36.0 Å². The van der Waals surface area contributed by atoms with Crippen LogP contribution in [0.5, 0.6) is 0 Å². The maximum absolute atomic E-state index is 11.6. The van der Waals surface area contributed by atoms with Crippen molar-refractivity contribution in [3.8, 4) is 0 Å². The molecule has 0 heterocycles. The zero-order valence-corrected chi connectivity index (χ0v) is 11.9. The molecule has 0 saturated heterocycles. The highest BCUT2D eigenvalue weighted by Gasteiger charge is 2.25. The van der Waals surface area contributed by atoms with Gasteiger partial charge in [0.15, 0.2) is 6.04 Å². The van der Waals surface area contributed by atoms with Crippen LogP contribution in [0.4, 0.5) is 0 Å². The lowest BCUT2D eigenvalue weighted by atomic mass is 10.0. The van der Waals surface area contributed by atoms with E-state index in [1.807, 2.05) is 13.8 Å². The third kappa shape index (κ3) is 7.05. The van der Waals surface area contributed by atoms with Crippen LogP contribution in [-0.2, 0) is 14.4 Å². The SMILES string of the molecule is CC(C)CC(N)C(=O)NCC(=O)NC(C(=O)O)C(C)O. The van der Waals surface area contributed by atoms with Gasteiger partial charge in [-0.3, -0.25) is 9.59 Å². The fraction of sp³-hybridized carbons (Fsp3) is 0.750. The lowest BCUT2D eigenvalue weighted by Gasteiger charge is -2.18. The molecule has 2 amide bonds. The van der Waals surface area contributed by atoms with E-state index in [0.717, 1.165) is 0 Å². The van der Waals surface area contributed by atoms with E-state index in [9.17, 15) is 19.5 Å². The number of rotatable bonds is 8. The lowest BCUT2D eigenvalue weighted by Crippen LogP contribution is -2.52. The highest BCUT2D eigenvalue weighted by Crippen LogP contribution is 2.02. The number of hydrogen-bond donors (Lipinski definition) is 5. The quantitative estimate of drug-likeness (QED) is 0.365. The molecule has 8 nitrogen and oxygen atoms in total. The minimum Gasteiger partial charge on any atom is -0.480 e. The standard InChI is InChI=1S/C12H23N3O5/c1-6(2)4-8(13)11(18)14-5-9(17)15-10(7(3)16)12(19)20/h6-8,10,16H,4-5,13H2,1-3H3,(H,14,18)(H,15,17)(H,19,20). The molecule has 0 bridgehead atoms. The Labute approximate surface area is 117 Å². The number of nitrogens with one attached hydrogen (secondary N) is 2. The van der Waals surface area contributed by atoms with E-state index in [2.05, 4.69) is 10.6 Å². The van der Waals surface area contributed by atoms with Gasteiger partial charge in [-0.2, -0.15) is 0 Å². The van der Waals surface area contributed by atoms with Crippen molar-refractivity contribution in [3.63, 3.8) is 0 Å². The summed E-state index contributed by atoms with van der Waals surface area (Å²) in [5, 5.41) is 22.4. The molecule has 0 aliphatic heterocycles. The summed E-state index contributed by atoms with van der Waals surface area (Å²) in [7, 11) is 0. The Morgan fingerprint density at radius 1 is 1.20 bits per heavy atom. The van der Waals surface area contributed by atoms with E-state index in [0.29, 0.717) is 6.42 Å². The molecular formula is C12H23N3O5. The first-order valence-corrected chi connectivity index (χ1v) is 6.38. The first-order chi connectivity index (χ1) is 9.15. The second kappa shape index (κ2) is 8.49. The van der Waals surface area contributed by atoms with Crippen LogP contribution >= 0.6 is 0 Å². The van der Waals surface area contributed by atoms with Gasteiger partial charge in [0.05, 0.1) is 18.7 Å². The Bertz CT molecular complexity index is 357. The van der Waals surface area contributed by atoms with Gasteiger partial charge in [-0.15, -0.1) is 0 Å². The Balaban J connectivity index is 4.22. The van der Waals surface area contributed by atoms with Gasteiger partial charge >= 0.3 is 5.97 Å². The number of hydrogen-bond acceptors (Lipinski definition) is 5. The number of carboxylic acid groups (broad SMARTS) is 1. The second-order valence-electron chi connectivity index (χ2n) is 5.08. The van der Waals surface area contributed by atoms with Crippen molar-refractivity contribution in [1.29, 1.82) is 0 Å². The molecule has 0 aromatic carbocycles. The fourth-order valence-corrected chi connectivity index (χ4v) is 1.53. The number of aliphatic hydroxyl groups is 1. The summed E-state index contributed by atoms with van der Waals surface area (Å²) in [6.07, 6.45) is -0.755. The molecule has 0 radical (unpaired) electrons. The number of nitrogens with two attached hydrogens (primary N) is 1. The molecule has 0 aliphatic carbocycles. The van der Waals surface area contributed by atoms with Gasteiger partial charge in [0.1, 0.15) is 0 Å². The van der Waals surface area contributed by atoms with Crippen molar-refractivity contribution in [3.05, 3.63) is 0 Å². The molecule has 0 fully saturated rings. The van der Waals surface area contributed by atoms with Crippen LogP contribution in [0.3, 0.4) is 0 Å². The molecule has 6 N–H and O–H groups in total. The summed E-state index contributed by atoms with van der Waals surface area (Å²) in [6.45, 7) is 4.69. The molecule has 116 valence electrons. The van der Waals surface area contributed by atoms with Crippen LogP contribution in [0.2, 0.25) is 0 Å². The molecule has 0 saturated carbocycles. The Morgan fingerprint density at radius 2 is 1.75 bits per heavy atom. The predicted octanol–water partition coefficient (Wildman–Crippen LogP) is -1.57. The molecule has 0 aliphatic rings. The Kier molecular flexibility index (Phi) is 7.78. The molecule has 0 spiro atoms. The predicted molar refractivity (Wildman–Crippen MR) is 71.7 cm³/mol. The lowest BCUT2D eigenvalue weighted by molar-refractivity contribution is -0.144. The van der Waals surface area contributed by atoms with Crippen molar-refractivity contribution in [2.45, 2.75) is 45.4 Å². The summed E-state index contributed by atoms with van der Waals surface area (Å²) >= 11 is 0. The second-order valence-corrected chi connectivity index (χ2v) is 5.08. The van der Waals surface area contributed by atoms with Crippen LogP contribution < -0.4 is 16.4 Å². The van der Waals surface area contributed by atoms with Crippen LogP contribution in [0.25, 0.3) is 0 Å². The fourth-order valence-electron chi connectivity index (χ4n) is 1.53. The molecule has 0 aromatic rings. The summed E-state index contributed by atoms with van der Waals surface area (Å²) in [5.41, 5.74) is 5.62. The maximum Gasteiger partial charge on any atom is 0.328 e. The van der Waals surface area contributed by atoms with Gasteiger partial charge in [0.25, 0.3) is 0 Å². The average Bonchev–Trinajstić information content (AvgIpc) is 2.31. The molecule has 0 aromatic heterocycles. The number of carbonyl (C=O) groups excluding carboxylic acids is 2. The van der Waals surface area contributed by atoms with Crippen molar-refractivity contribution >= 4 is 17.8 Å². The smallest absolute Gasteiger partial charge is 0.328 e. The van der Waals surface area contributed by atoms with Gasteiger partial charge in [-0.1, -0.05) is 13.8 Å². The van der Waals surface area contributed by atoms with Crippen molar-refractivity contribution < 1.29 is 24.6 Å². The highest BCUT2D eigenvalue weighted by molar-refractivity contribution is 5.89. The molecule has 20 heavy (non-hydrogen) atoms. The van der Waals surface area contributed by atoms with E-state index in [1.165, 1.54) is 6.92 Å². The zero-order chi connectivity index (χ0) is 15.9. The van der Waals surface area contributed by atoms with Crippen LogP contribution in [0.15, 0.2) is 0 Å². The molecular weight excluding hydrogens is 266 g/mol. The first-order valence-electron chi connectivity index (χ1n) is 6.38. The average molecular weight is 289 g/mol. The van der Waals surface area contributed by atoms with Gasteiger partial charge in [-0.25, -0.2) is 4.79 Å². The maximum atomic E-state index is 11.6. The van der Waals surface area contributed by atoms with E-state index in [-0.39, 0.29) is 12.5 Å². The largest absolute Gasteiger partial charge is 0.480 e. The van der Waals surface area contributed by atoms with Gasteiger partial charge < -0.3 is 26.6 Å². The van der Waals surface area contributed by atoms with Crippen molar-refractivity contribution in [1.82, 2.24) is 10.6 Å². The topological polar surface area (TPSA) is 142 Å². The minimum absolute atomic E-state index is 0.246. The summed E-state index contributed by atoms with van der Waals surface area (Å²) in [6, 6.07) is -2.13. The van der Waals surface area contributed by atoms with E-state index >= 15 is 0 Å². The third-order valence-electron chi connectivity index (χ3n) is 2.55. The normalized spacial score (nSPS) is 15.3. The molecule has 8 heteroatoms. The Hall–Kier alpha value is -1.67. The van der Waals surface area contributed by atoms with Crippen LogP contribution in [-0.4, -0.2) is 52.7 Å². The van der Waals surface area contributed by atoms with Crippen molar-refractivity contribution in [2.24, 2.45) is 11.7 Å². The van der Waals surface area contributed by atoms with Gasteiger partial charge in [0.2, 0.25) is 11.8 Å². The zero-order valence-electron chi connectivity index (χ0n) is 11.9. The number of carboxylic acids is 1. The van der Waals surface area contributed by atoms with E-state index in [1.54, 1.807) is 0 Å². The van der Waals surface area contributed by atoms with Crippen LogP contribution in [0.1, 0.15) is 27.2 Å². The molecule has 3 atom stereocenters. The highest BCUT2D eigenvalue weighted by atomic mass is 16.4. The van der Waals surface area contributed by atoms with Gasteiger partial charge in [0, 0.05) is 0 Å².